The van der Waals surface area contributed by atoms with Gasteiger partial charge in [0.1, 0.15) is 23.3 Å². The number of anilines is 1. The standard InChI is InChI=1S/C26H24FNO4/c1-16(2)24(30)23(26(32)28-20-12-14-21(29)15-13-20)22(17-6-4-3-5-7-17)25(31)18-8-10-19(27)11-9-18/h3-16,22-23,29H,1-2H3,(H,28,32). The Bertz CT molecular complexity index is 1090. The Morgan fingerprint density at radius 1 is 0.844 bits per heavy atom. The highest BCUT2D eigenvalue weighted by molar-refractivity contribution is 6.14. The lowest BCUT2D eigenvalue weighted by Crippen LogP contribution is -2.40. The third-order valence-electron chi connectivity index (χ3n) is 5.20. The van der Waals surface area contributed by atoms with Crippen LogP contribution in [0.4, 0.5) is 10.1 Å². The van der Waals surface area contributed by atoms with Gasteiger partial charge in [-0.1, -0.05) is 44.2 Å². The van der Waals surface area contributed by atoms with Crippen molar-refractivity contribution in [2.75, 3.05) is 5.32 Å². The van der Waals surface area contributed by atoms with E-state index in [0.717, 1.165) is 0 Å². The van der Waals surface area contributed by atoms with Crippen LogP contribution in [0.5, 0.6) is 5.75 Å². The number of phenolic OH excluding ortho intramolecular Hbond substituents is 1. The molecule has 5 nitrogen and oxygen atoms in total. The van der Waals surface area contributed by atoms with Crippen molar-refractivity contribution < 1.29 is 23.9 Å². The van der Waals surface area contributed by atoms with Crippen LogP contribution < -0.4 is 5.32 Å². The van der Waals surface area contributed by atoms with Crippen LogP contribution >= 0.6 is 0 Å². The van der Waals surface area contributed by atoms with Gasteiger partial charge in [-0.15, -0.1) is 0 Å². The van der Waals surface area contributed by atoms with E-state index in [9.17, 15) is 23.9 Å². The maximum atomic E-state index is 13.5. The molecule has 0 spiro atoms. The zero-order valence-corrected chi connectivity index (χ0v) is 17.8. The molecule has 0 bridgehead atoms. The Balaban J connectivity index is 2.07. The quantitative estimate of drug-likeness (QED) is 0.298. The summed E-state index contributed by atoms with van der Waals surface area (Å²) in [7, 11) is 0. The van der Waals surface area contributed by atoms with E-state index in [0.29, 0.717) is 11.3 Å². The normalized spacial score (nSPS) is 12.8. The van der Waals surface area contributed by atoms with E-state index in [1.807, 2.05) is 0 Å². The van der Waals surface area contributed by atoms with Crippen LogP contribution in [-0.2, 0) is 9.59 Å². The summed E-state index contributed by atoms with van der Waals surface area (Å²) < 4.78 is 13.4. The molecule has 0 fully saturated rings. The minimum Gasteiger partial charge on any atom is -0.508 e. The lowest BCUT2D eigenvalue weighted by atomic mass is 9.75. The monoisotopic (exact) mass is 433 g/mol. The third kappa shape index (κ3) is 5.27. The molecule has 2 unspecified atom stereocenters. The summed E-state index contributed by atoms with van der Waals surface area (Å²) in [5, 5.41) is 12.2. The number of ketones is 2. The lowest BCUT2D eigenvalue weighted by molar-refractivity contribution is -0.133. The Labute approximate surface area is 185 Å². The molecule has 0 aliphatic heterocycles. The molecule has 0 aliphatic carbocycles. The predicted octanol–water partition coefficient (Wildman–Crippen LogP) is 4.98. The number of carbonyl (C=O) groups is 3. The second-order valence-electron chi connectivity index (χ2n) is 7.83. The summed E-state index contributed by atoms with van der Waals surface area (Å²) in [6.45, 7) is 3.35. The second-order valence-corrected chi connectivity index (χ2v) is 7.83. The largest absolute Gasteiger partial charge is 0.508 e. The number of carbonyl (C=O) groups excluding carboxylic acids is 3. The van der Waals surface area contributed by atoms with E-state index in [-0.39, 0.29) is 17.1 Å². The van der Waals surface area contributed by atoms with Crippen molar-refractivity contribution in [1.82, 2.24) is 0 Å². The summed E-state index contributed by atoms with van der Waals surface area (Å²) >= 11 is 0. The number of hydrogen-bond acceptors (Lipinski definition) is 4. The van der Waals surface area contributed by atoms with E-state index in [2.05, 4.69) is 5.32 Å². The number of benzene rings is 3. The molecule has 0 radical (unpaired) electrons. The van der Waals surface area contributed by atoms with Crippen LogP contribution in [0.3, 0.4) is 0 Å². The van der Waals surface area contributed by atoms with Crippen molar-refractivity contribution in [2.24, 2.45) is 11.8 Å². The highest BCUT2D eigenvalue weighted by atomic mass is 19.1. The molecular weight excluding hydrogens is 409 g/mol. The van der Waals surface area contributed by atoms with Crippen molar-refractivity contribution in [1.29, 1.82) is 0 Å². The van der Waals surface area contributed by atoms with Gasteiger partial charge in [-0.25, -0.2) is 4.39 Å². The molecule has 2 atom stereocenters. The van der Waals surface area contributed by atoms with Gasteiger partial charge in [0.2, 0.25) is 5.91 Å². The number of hydrogen-bond donors (Lipinski definition) is 2. The number of nitrogens with one attached hydrogen (secondary N) is 1. The molecule has 164 valence electrons. The van der Waals surface area contributed by atoms with Crippen molar-refractivity contribution in [3.8, 4) is 5.75 Å². The molecule has 3 aromatic carbocycles. The molecule has 0 saturated heterocycles. The van der Waals surface area contributed by atoms with Gasteiger partial charge < -0.3 is 10.4 Å². The molecule has 2 N–H and O–H groups in total. The van der Waals surface area contributed by atoms with Gasteiger partial charge in [-0.05, 0) is 54.1 Å². The van der Waals surface area contributed by atoms with Crippen molar-refractivity contribution in [3.05, 3.63) is 95.8 Å². The SMILES string of the molecule is CC(C)C(=O)C(C(=O)Nc1ccc(O)cc1)C(C(=O)c1ccc(F)cc1)c1ccccc1. The first kappa shape index (κ1) is 22.9. The van der Waals surface area contributed by atoms with Crippen LogP contribution in [0.1, 0.15) is 35.7 Å². The third-order valence-corrected chi connectivity index (χ3v) is 5.20. The smallest absolute Gasteiger partial charge is 0.236 e. The molecule has 3 aromatic rings. The van der Waals surface area contributed by atoms with Crippen LogP contribution in [0.15, 0.2) is 78.9 Å². The van der Waals surface area contributed by atoms with E-state index >= 15 is 0 Å². The maximum absolute atomic E-state index is 13.5. The molecule has 0 aliphatic rings. The van der Waals surface area contributed by atoms with Crippen molar-refractivity contribution in [2.45, 2.75) is 19.8 Å². The van der Waals surface area contributed by atoms with Gasteiger partial charge in [0.15, 0.2) is 5.78 Å². The van der Waals surface area contributed by atoms with Gasteiger partial charge in [0.05, 0.1) is 5.92 Å². The summed E-state index contributed by atoms with van der Waals surface area (Å²) in [5.41, 5.74) is 1.11. The number of rotatable bonds is 8. The number of halogens is 1. The minimum absolute atomic E-state index is 0.0338. The zero-order chi connectivity index (χ0) is 23.3. The van der Waals surface area contributed by atoms with Gasteiger partial charge in [0, 0.05) is 17.2 Å². The van der Waals surface area contributed by atoms with Crippen molar-refractivity contribution in [3.63, 3.8) is 0 Å². The first-order valence-electron chi connectivity index (χ1n) is 10.3. The van der Waals surface area contributed by atoms with Crippen molar-refractivity contribution >= 4 is 23.2 Å². The maximum Gasteiger partial charge on any atom is 0.236 e. The fourth-order valence-electron chi connectivity index (χ4n) is 3.52. The first-order chi connectivity index (χ1) is 15.3. The summed E-state index contributed by atoms with van der Waals surface area (Å²) in [4.78, 5) is 40.1. The Hall–Kier alpha value is -3.80. The van der Waals surface area contributed by atoms with Gasteiger partial charge in [-0.2, -0.15) is 0 Å². The average Bonchev–Trinajstić information content (AvgIpc) is 2.79. The number of amides is 1. The van der Waals surface area contributed by atoms with Crippen LogP contribution in [0, 0.1) is 17.7 Å². The molecule has 1 amide bonds. The molecular formula is C26H24FNO4. The minimum atomic E-state index is -1.30. The fraction of sp³-hybridized carbons (Fsp3) is 0.192. The molecule has 6 heteroatoms. The zero-order valence-electron chi connectivity index (χ0n) is 17.8. The molecule has 32 heavy (non-hydrogen) atoms. The topological polar surface area (TPSA) is 83.5 Å². The number of Topliss-reactive ketones (excluding diaryl/α,β-unsaturated/α-hetero) is 2. The molecule has 0 aromatic heterocycles. The number of aromatic hydroxyl groups is 1. The Morgan fingerprint density at radius 3 is 2.00 bits per heavy atom. The van der Waals surface area contributed by atoms with E-state index in [1.165, 1.54) is 48.5 Å². The van der Waals surface area contributed by atoms with E-state index in [1.54, 1.807) is 44.2 Å². The highest BCUT2D eigenvalue weighted by Crippen LogP contribution is 2.32. The molecule has 0 saturated carbocycles. The van der Waals surface area contributed by atoms with E-state index in [4.69, 9.17) is 0 Å². The first-order valence-corrected chi connectivity index (χ1v) is 10.3. The Kier molecular flexibility index (Phi) is 7.15. The van der Waals surface area contributed by atoms with E-state index < -0.39 is 35.3 Å². The van der Waals surface area contributed by atoms with Crippen LogP contribution in [0.2, 0.25) is 0 Å². The summed E-state index contributed by atoms with van der Waals surface area (Å²) in [5.74, 6) is -4.81. The highest BCUT2D eigenvalue weighted by Gasteiger charge is 2.41. The van der Waals surface area contributed by atoms with Gasteiger partial charge >= 0.3 is 0 Å². The lowest BCUT2D eigenvalue weighted by Gasteiger charge is -2.26. The Morgan fingerprint density at radius 2 is 1.44 bits per heavy atom. The van der Waals surface area contributed by atoms with Gasteiger partial charge in [0.25, 0.3) is 0 Å². The van der Waals surface area contributed by atoms with Crippen LogP contribution in [0.25, 0.3) is 0 Å². The predicted molar refractivity (Wildman–Crippen MR) is 120 cm³/mol. The average molecular weight is 433 g/mol. The summed E-state index contributed by atoms with van der Waals surface area (Å²) in [6.07, 6.45) is 0. The fourth-order valence-corrected chi connectivity index (χ4v) is 3.52. The second kappa shape index (κ2) is 10.0. The summed E-state index contributed by atoms with van der Waals surface area (Å²) in [6, 6.07) is 19.5. The number of phenols is 1. The van der Waals surface area contributed by atoms with Gasteiger partial charge in [-0.3, -0.25) is 14.4 Å². The van der Waals surface area contributed by atoms with Crippen LogP contribution in [-0.4, -0.2) is 22.6 Å². The molecule has 0 heterocycles. The molecule has 3 rings (SSSR count).